The van der Waals surface area contributed by atoms with E-state index in [-0.39, 0.29) is 0 Å². The summed E-state index contributed by atoms with van der Waals surface area (Å²) in [6.45, 7) is 2.92. The van der Waals surface area contributed by atoms with E-state index in [4.69, 9.17) is 21.1 Å². The molecule has 0 radical (unpaired) electrons. The lowest BCUT2D eigenvalue weighted by Gasteiger charge is -2.08. The minimum Gasteiger partial charge on any atom is -0.385 e. The molecule has 0 aromatic heterocycles. The second-order valence-corrected chi connectivity index (χ2v) is 4.78. The Morgan fingerprint density at radius 2 is 2.12 bits per heavy atom. The Morgan fingerprint density at radius 3 is 2.82 bits per heavy atom. The van der Waals surface area contributed by atoms with Gasteiger partial charge >= 0.3 is 0 Å². The minimum atomic E-state index is 0.650. The average Bonchev–Trinajstić information content (AvgIpc) is 2.32. The van der Waals surface area contributed by atoms with Crippen molar-refractivity contribution in [2.75, 3.05) is 38.8 Å². The first-order valence-electron chi connectivity index (χ1n) is 5.49. The Kier molecular flexibility index (Phi) is 7.60. The molecule has 0 atom stereocenters. The second kappa shape index (κ2) is 8.75. The fourth-order valence-corrected chi connectivity index (χ4v) is 1.75. The molecule has 5 heteroatoms. The van der Waals surface area contributed by atoms with Crippen LogP contribution in [-0.4, -0.2) is 33.5 Å². The SMILES string of the molecule is COCCOCCCNc1ccc(Cl)c(Br)c1. The van der Waals surface area contributed by atoms with Gasteiger partial charge in [0.1, 0.15) is 0 Å². The van der Waals surface area contributed by atoms with Crippen LogP contribution in [0.4, 0.5) is 5.69 Å². The maximum absolute atomic E-state index is 5.91. The van der Waals surface area contributed by atoms with Gasteiger partial charge in [0, 0.05) is 30.4 Å². The minimum absolute atomic E-state index is 0.650. The van der Waals surface area contributed by atoms with E-state index < -0.39 is 0 Å². The molecule has 3 nitrogen and oxygen atoms in total. The van der Waals surface area contributed by atoms with Crippen molar-refractivity contribution in [2.24, 2.45) is 0 Å². The number of hydrogen-bond donors (Lipinski definition) is 1. The standard InChI is InChI=1S/C12H17BrClNO2/c1-16-7-8-17-6-2-5-15-10-3-4-12(14)11(13)9-10/h3-4,9,15H,2,5-8H2,1H3. The quantitative estimate of drug-likeness (QED) is 0.742. The average molecular weight is 323 g/mol. The number of halogens is 2. The van der Waals surface area contributed by atoms with E-state index in [1.807, 2.05) is 18.2 Å². The maximum atomic E-state index is 5.91. The zero-order chi connectivity index (χ0) is 12.5. The molecule has 0 heterocycles. The Morgan fingerprint density at radius 1 is 1.29 bits per heavy atom. The van der Waals surface area contributed by atoms with E-state index in [9.17, 15) is 0 Å². The van der Waals surface area contributed by atoms with E-state index in [2.05, 4.69) is 21.2 Å². The highest BCUT2D eigenvalue weighted by Crippen LogP contribution is 2.25. The maximum Gasteiger partial charge on any atom is 0.0700 e. The van der Waals surface area contributed by atoms with Crippen LogP contribution in [-0.2, 0) is 9.47 Å². The fourth-order valence-electron chi connectivity index (χ4n) is 1.26. The fraction of sp³-hybridized carbons (Fsp3) is 0.500. The van der Waals surface area contributed by atoms with Crippen LogP contribution in [0.15, 0.2) is 22.7 Å². The molecule has 17 heavy (non-hydrogen) atoms. The van der Waals surface area contributed by atoms with Crippen molar-refractivity contribution in [1.29, 1.82) is 0 Å². The second-order valence-electron chi connectivity index (χ2n) is 3.51. The summed E-state index contributed by atoms with van der Waals surface area (Å²) in [5.41, 5.74) is 1.05. The van der Waals surface area contributed by atoms with Crippen molar-refractivity contribution in [1.82, 2.24) is 0 Å². The van der Waals surface area contributed by atoms with Crippen LogP contribution < -0.4 is 5.32 Å². The summed E-state index contributed by atoms with van der Waals surface area (Å²) < 4.78 is 11.1. The van der Waals surface area contributed by atoms with Crippen LogP contribution in [0.2, 0.25) is 5.02 Å². The lowest BCUT2D eigenvalue weighted by Crippen LogP contribution is -2.08. The van der Waals surface area contributed by atoms with Gasteiger partial charge in [-0.2, -0.15) is 0 Å². The van der Waals surface area contributed by atoms with Crippen molar-refractivity contribution in [3.63, 3.8) is 0 Å². The Hall–Kier alpha value is -0.290. The highest BCUT2D eigenvalue weighted by molar-refractivity contribution is 9.10. The molecule has 1 N–H and O–H groups in total. The predicted molar refractivity (Wildman–Crippen MR) is 75.0 cm³/mol. The first kappa shape index (κ1) is 14.8. The lowest BCUT2D eigenvalue weighted by atomic mass is 10.3. The zero-order valence-electron chi connectivity index (χ0n) is 9.84. The summed E-state index contributed by atoms with van der Waals surface area (Å²) in [7, 11) is 1.67. The monoisotopic (exact) mass is 321 g/mol. The van der Waals surface area contributed by atoms with Crippen LogP contribution in [0, 0.1) is 0 Å². The lowest BCUT2D eigenvalue weighted by molar-refractivity contribution is 0.0705. The largest absolute Gasteiger partial charge is 0.385 e. The third kappa shape index (κ3) is 6.27. The first-order valence-corrected chi connectivity index (χ1v) is 6.66. The van der Waals surface area contributed by atoms with Crippen molar-refractivity contribution < 1.29 is 9.47 Å². The molecule has 1 aromatic carbocycles. The van der Waals surface area contributed by atoms with E-state index in [1.165, 1.54) is 0 Å². The predicted octanol–water partition coefficient (Wildman–Crippen LogP) is 3.57. The molecule has 0 aliphatic heterocycles. The molecule has 1 aromatic rings. The van der Waals surface area contributed by atoms with Gasteiger partial charge in [-0.1, -0.05) is 11.6 Å². The van der Waals surface area contributed by atoms with Crippen LogP contribution in [0.3, 0.4) is 0 Å². The smallest absolute Gasteiger partial charge is 0.0700 e. The van der Waals surface area contributed by atoms with Gasteiger partial charge in [0.25, 0.3) is 0 Å². The Labute approximate surface area is 116 Å². The molecule has 0 saturated heterocycles. The number of benzene rings is 1. The van der Waals surface area contributed by atoms with E-state index in [0.29, 0.717) is 13.2 Å². The molecule has 0 amide bonds. The van der Waals surface area contributed by atoms with Crippen LogP contribution in [0.25, 0.3) is 0 Å². The summed E-state index contributed by atoms with van der Waals surface area (Å²) in [6.07, 6.45) is 0.962. The molecule has 1 rings (SSSR count). The molecular weight excluding hydrogens is 305 g/mol. The molecule has 0 aliphatic rings. The van der Waals surface area contributed by atoms with Crippen LogP contribution in [0.1, 0.15) is 6.42 Å². The van der Waals surface area contributed by atoms with Gasteiger partial charge in [-0.05, 0) is 40.5 Å². The Bertz CT molecular complexity index is 336. The third-order valence-corrected chi connectivity index (χ3v) is 3.36. The van der Waals surface area contributed by atoms with Gasteiger partial charge in [0.15, 0.2) is 0 Å². The van der Waals surface area contributed by atoms with Gasteiger partial charge in [0.05, 0.1) is 18.2 Å². The summed E-state index contributed by atoms with van der Waals surface area (Å²) in [4.78, 5) is 0. The number of anilines is 1. The molecule has 0 saturated carbocycles. The molecule has 0 fully saturated rings. The Balaban J connectivity index is 2.11. The van der Waals surface area contributed by atoms with Gasteiger partial charge < -0.3 is 14.8 Å². The van der Waals surface area contributed by atoms with E-state index in [1.54, 1.807) is 7.11 Å². The zero-order valence-corrected chi connectivity index (χ0v) is 12.2. The highest BCUT2D eigenvalue weighted by Gasteiger charge is 1.98. The molecule has 0 bridgehead atoms. The van der Waals surface area contributed by atoms with Gasteiger partial charge in [0.2, 0.25) is 0 Å². The summed E-state index contributed by atoms with van der Waals surface area (Å²) in [6, 6.07) is 5.79. The normalized spacial score (nSPS) is 10.5. The summed E-state index contributed by atoms with van der Waals surface area (Å²) in [5.74, 6) is 0. The topological polar surface area (TPSA) is 30.5 Å². The van der Waals surface area contributed by atoms with Crippen molar-refractivity contribution in [3.05, 3.63) is 27.7 Å². The number of methoxy groups -OCH3 is 1. The van der Waals surface area contributed by atoms with E-state index in [0.717, 1.165) is 34.8 Å². The van der Waals surface area contributed by atoms with Crippen LogP contribution >= 0.6 is 27.5 Å². The van der Waals surface area contributed by atoms with Crippen LogP contribution in [0.5, 0.6) is 0 Å². The molecule has 0 spiro atoms. The number of ether oxygens (including phenoxy) is 2. The third-order valence-electron chi connectivity index (χ3n) is 2.15. The summed E-state index contributed by atoms with van der Waals surface area (Å²) >= 11 is 9.29. The molecule has 0 aliphatic carbocycles. The molecule has 0 unspecified atom stereocenters. The number of rotatable bonds is 8. The van der Waals surface area contributed by atoms with Crippen molar-refractivity contribution in [2.45, 2.75) is 6.42 Å². The van der Waals surface area contributed by atoms with Crippen molar-refractivity contribution >= 4 is 33.2 Å². The van der Waals surface area contributed by atoms with Gasteiger partial charge in [-0.3, -0.25) is 0 Å². The highest BCUT2D eigenvalue weighted by atomic mass is 79.9. The first-order chi connectivity index (χ1) is 8.24. The van der Waals surface area contributed by atoms with Gasteiger partial charge in [-0.25, -0.2) is 0 Å². The van der Waals surface area contributed by atoms with Gasteiger partial charge in [-0.15, -0.1) is 0 Å². The molecule has 96 valence electrons. The van der Waals surface area contributed by atoms with E-state index >= 15 is 0 Å². The summed E-state index contributed by atoms with van der Waals surface area (Å²) in [5, 5.41) is 4.02. The molecular formula is C12H17BrClNO2. The number of hydrogen-bond acceptors (Lipinski definition) is 3. The van der Waals surface area contributed by atoms with Crippen molar-refractivity contribution in [3.8, 4) is 0 Å². The number of nitrogens with one attached hydrogen (secondary N) is 1.